The fourth-order valence-electron chi connectivity index (χ4n) is 3.85. The number of carboxylic acid groups (broad SMARTS) is 1. The van der Waals surface area contributed by atoms with Gasteiger partial charge in [0.25, 0.3) is 5.91 Å². The topological polar surface area (TPSA) is 122 Å². The lowest BCUT2D eigenvalue weighted by Crippen LogP contribution is -2.30. The van der Waals surface area contributed by atoms with Crippen molar-refractivity contribution < 1.29 is 24.2 Å². The Labute approximate surface area is 207 Å². The van der Waals surface area contributed by atoms with Gasteiger partial charge >= 0.3 is 11.9 Å². The summed E-state index contributed by atoms with van der Waals surface area (Å²) in [5, 5.41) is 15.3. The number of amides is 1. The average Bonchev–Trinajstić information content (AvgIpc) is 3.25. The van der Waals surface area contributed by atoms with Gasteiger partial charge in [-0.1, -0.05) is 60.2 Å². The Morgan fingerprint density at radius 3 is 2.44 bits per heavy atom. The van der Waals surface area contributed by atoms with E-state index in [1.807, 2.05) is 61.5 Å². The average molecular weight is 487 g/mol. The van der Waals surface area contributed by atoms with Crippen molar-refractivity contribution in [2.45, 2.75) is 19.4 Å². The first-order chi connectivity index (χ1) is 17.4. The monoisotopic (exact) mass is 486 g/mol. The van der Waals surface area contributed by atoms with Crippen molar-refractivity contribution >= 4 is 29.3 Å². The van der Waals surface area contributed by atoms with Crippen molar-refractivity contribution in [2.75, 3.05) is 19.0 Å². The second-order valence-electron chi connectivity index (χ2n) is 8.28. The third-order valence-electron chi connectivity index (χ3n) is 5.73. The summed E-state index contributed by atoms with van der Waals surface area (Å²) in [5.41, 5.74) is 4.00. The normalized spacial score (nSPS) is 11.6. The molecule has 2 aromatic carbocycles. The first-order valence-corrected chi connectivity index (χ1v) is 11.3. The molecular weight excluding hydrogens is 460 g/mol. The second-order valence-corrected chi connectivity index (χ2v) is 8.28. The molecule has 9 nitrogen and oxygen atoms in total. The highest BCUT2D eigenvalue weighted by Gasteiger charge is 2.21. The number of aryl methyl sites for hydroxylation is 1. The molecule has 0 saturated carbocycles. The Bertz CT molecular complexity index is 1400. The fourth-order valence-corrected chi connectivity index (χ4v) is 3.85. The van der Waals surface area contributed by atoms with Gasteiger partial charge in [-0.25, -0.2) is 4.98 Å². The summed E-state index contributed by atoms with van der Waals surface area (Å²) in [4.78, 5) is 41.0. The van der Waals surface area contributed by atoms with Crippen LogP contribution in [0.4, 0.5) is 5.82 Å². The first kappa shape index (κ1) is 24.5. The Balaban J connectivity index is 1.67. The predicted molar refractivity (Wildman–Crippen MR) is 135 cm³/mol. The Morgan fingerprint density at radius 2 is 1.78 bits per heavy atom. The van der Waals surface area contributed by atoms with E-state index >= 15 is 0 Å². The maximum Gasteiger partial charge on any atom is 0.325 e. The number of pyridine rings is 1. The van der Waals surface area contributed by atoms with Gasteiger partial charge in [-0.2, -0.15) is 0 Å². The van der Waals surface area contributed by atoms with Crippen LogP contribution < -0.4 is 10.6 Å². The fraction of sp³-hybridized carbons (Fsp3) is 0.185. The van der Waals surface area contributed by atoms with Crippen LogP contribution in [0, 0.1) is 6.92 Å². The van der Waals surface area contributed by atoms with Crippen LogP contribution in [-0.2, 0) is 14.3 Å². The molecule has 1 unspecified atom stereocenters. The third-order valence-corrected chi connectivity index (χ3v) is 5.73. The molecule has 4 rings (SSSR count). The molecule has 0 aliphatic heterocycles. The number of ether oxygens (including phenoxy) is 1. The quantitative estimate of drug-likeness (QED) is 0.307. The highest BCUT2D eigenvalue weighted by Crippen LogP contribution is 2.29. The summed E-state index contributed by atoms with van der Waals surface area (Å²) >= 11 is 0. The maximum atomic E-state index is 13.1. The number of imidazole rings is 1. The van der Waals surface area contributed by atoms with Gasteiger partial charge in [-0.05, 0) is 24.6 Å². The molecule has 0 fully saturated rings. The van der Waals surface area contributed by atoms with Gasteiger partial charge in [0.1, 0.15) is 23.7 Å². The largest absolute Gasteiger partial charge is 0.481 e. The number of nitrogens with one attached hydrogen (secondary N) is 2. The number of aromatic nitrogens is 2. The highest BCUT2D eigenvalue weighted by molar-refractivity contribution is 5.96. The molecule has 0 bridgehead atoms. The summed E-state index contributed by atoms with van der Waals surface area (Å²) < 4.78 is 6.49. The van der Waals surface area contributed by atoms with Crippen LogP contribution in [0.15, 0.2) is 72.9 Å². The molecule has 2 aromatic heterocycles. The first-order valence-electron chi connectivity index (χ1n) is 11.3. The van der Waals surface area contributed by atoms with E-state index in [2.05, 4.69) is 10.6 Å². The zero-order valence-electron chi connectivity index (χ0n) is 19.9. The highest BCUT2D eigenvalue weighted by atomic mass is 16.5. The molecule has 0 radical (unpaired) electrons. The Kier molecular flexibility index (Phi) is 7.29. The van der Waals surface area contributed by atoms with E-state index in [1.165, 1.54) is 7.11 Å². The van der Waals surface area contributed by atoms with Gasteiger partial charge in [0.15, 0.2) is 0 Å². The van der Waals surface area contributed by atoms with Crippen molar-refractivity contribution in [1.82, 2.24) is 14.7 Å². The number of rotatable bonds is 9. The number of nitrogens with zero attached hydrogens (tertiary/aromatic N) is 2. The molecule has 184 valence electrons. The molecule has 0 spiro atoms. The Hall–Kier alpha value is -4.66. The molecule has 0 saturated heterocycles. The van der Waals surface area contributed by atoms with E-state index in [0.717, 1.165) is 11.1 Å². The van der Waals surface area contributed by atoms with Crippen molar-refractivity contribution in [2.24, 2.45) is 0 Å². The van der Waals surface area contributed by atoms with E-state index < -0.39 is 23.9 Å². The number of carbonyl (C=O) groups excluding carboxylic acids is 2. The summed E-state index contributed by atoms with van der Waals surface area (Å²) in [7, 11) is 1.32. The van der Waals surface area contributed by atoms with Crippen LogP contribution in [0.5, 0.6) is 0 Å². The number of hydrogen-bond donors (Lipinski definition) is 3. The molecule has 3 N–H and O–H groups in total. The second kappa shape index (κ2) is 10.7. The van der Waals surface area contributed by atoms with E-state index in [4.69, 9.17) is 9.72 Å². The molecule has 1 amide bonds. The summed E-state index contributed by atoms with van der Waals surface area (Å²) in [5.74, 6) is -1.28. The van der Waals surface area contributed by atoms with Crippen LogP contribution in [-0.4, -0.2) is 46.0 Å². The summed E-state index contributed by atoms with van der Waals surface area (Å²) in [6.07, 6.45) is 1.43. The number of fused-ring (bicyclic) bond motifs is 1. The van der Waals surface area contributed by atoms with Gasteiger partial charge in [0.2, 0.25) is 0 Å². The molecule has 0 aliphatic carbocycles. The van der Waals surface area contributed by atoms with Crippen LogP contribution in [0.2, 0.25) is 0 Å². The minimum Gasteiger partial charge on any atom is -0.481 e. The van der Waals surface area contributed by atoms with Crippen LogP contribution in [0.1, 0.15) is 33.9 Å². The molecule has 2 heterocycles. The summed E-state index contributed by atoms with van der Waals surface area (Å²) in [6.45, 7) is 1.88. The standard InChI is InChI=1S/C27H26N4O5/c1-17-8-10-18(11-9-17)21(15-23(32)33)29-27(35)20-12-13-31-22(14-20)30-25(19-6-4-3-5-7-19)26(31)28-16-24(34)36-2/h3-14,21,28H,15-16H2,1-2H3,(H,29,35)(H,32,33). The maximum absolute atomic E-state index is 13.1. The van der Waals surface area contributed by atoms with E-state index in [9.17, 15) is 19.5 Å². The molecular formula is C27H26N4O5. The number of hydrogen-bond acceptors (Lipinski definition) is 6. The van der Waals surface area contributed by atoms with Gasteiger partial charge in [-0.3, -0.25) is 18.8 Å². The van der Waals surface area contributed by atoms with E-state index in [-0.39, 0.29) is 13.0 Å². The van der Waals surface area contributed by atoms with Crippen molar-refractivity contribution in [3.8, 4) is 11.3 Å². The van der Waals surface area contributed by atoms with Crippen LogP contribution in [0.25, 0.3) is 16.9 Å². The molecule has 0 aliphatic rings. The Morgan fingerprint density at radius 1 is 1.06 bits per heavy atom. The van der Waals surface area contributed by atoms with Gasteiger partial charge in [-0.15, -0.1) is 0 Å². The van der Waals surface area contributed by atoms with Crippen LogP contribution >= 0.6 is 0 Å². The van der Waals surface area contributed by atoms with Gasteiger partial charge in [0.05, 0.1) is 19.6 Å². The zero-order chi connectivity index (χ0) is 25.7. The van der Waals surface area contributed by atoms with Crippen LogP contribution in [0.3, 0.4) is 0 Å². The number of aliphatic carboxylic acids is 1. The molecule has 1 atom stereocenters. The van der Waals surface area contributed by atoms with E-state index in [0.29, 0.717) is 28.3 Å². The third kappa shape index (κ3) is 5.52. The lowest BCUT2D eigenvalue weighted by Gasteiger charge is -2.18. The van der Waals surface area contributed by atoms with Crippen molar-refractivity contribution in [1.29, 1.82) is 0 Å². The number of methoxy groups -OCH3 is 1. The van der Waals surface area contributed by atoms with E-state index in [1.54, 1.807) is 22.7 Å². The number of anilines is 1. The van der Waals surface area contributed by atoms with Gasteiger partial charge in [0, 0.05) is 17.3 Å². The lowest BCUT2D eigenvalue weighted by molar-refractivity contribution is -0.139. The predicted octanol–water partition coefficient (Wildman–Crippen LogP) is 3.84. The minimum atomic E-state index is -1.02. The number of carbonyl (C=O) groups is 3. The minimum absolute atomic E-state index is 0.0558. The van der Waals surface area contributed by atoms with Crippen molar-refractivity contribution in [3.63, 3.8) is 0 Å². The zero-order valence-corrected chi connectivity index (χ0v) is 19.9. The molecule has 4 aromatic rings. The number of benzene rings is 2. The SMILES string of the molecule is COC(=O)CNc1c(-c2ccccc2)nc2cc(C(=O)NC(CC(=O)O)c3ccc(C)cc3)ccn12. The molecule has 36 heavy (non-hydrogen) atoms. The number of carboxylic acids is 1. The lowest BCUT2D eigenvalue weighted by atomic mass is 10.0. The smallest absolute Gasteiger partial charge is 0.325 e. The van der Waals surface area contributed by atoms with Crippen molar-refractivity contribution in [3.05, 3.63) is 89.6 Å². The molecule has 9 heteroatoms. The summed E-state index contributed by atoms with van der Waals surface area (Å²) in [6, 6.07) is 19.4. The van der Waals surface area contributed by atoms with Gasteiger partial charge < -0.3 is 20.5 Å². The number of esters is 1.